The number of unbranched alkanes of at least 4 members (excludes halogenated alkanes) is 1. The molecule has 0 bridgehead atoms. The number of hydrogen-bond donors (Lipinski definition) is 0. The molecule has 0 spiro atoms. The van der Waals surface area contributed by atoms with Crippen LogP contribution in [0.4, 0.5) is 0 Å². The van der Waals surface area contributed by atoms with Crippen molar-refractivity contribution in [3.05, 3.63) is 60.2 Å². The molecule has 0 heterocycles. The van der Waals surface area contributed by atoms with Crippen LogP contribution in [0.2, 0.25) is 0 Å². The number of ether oxygens (including phenoxy) is 1. The zero-order valence-electron chi connectivity index (χ0n) is 12.5. The Hall–Kier alpha value is -1.66. The Morgan fingerprint density at radius 1 is 0.952 bits per heavy atom. The van der Waals surface area contributed by atoms with E-state index < -0.39 is 7.80 Å². The Kier molecular flexibility index (Phi) is 6.43. The number of benzene rings is 2. The van der Waals surface area contributed by atoms with Crippen molar-refractivity contribution in [2.45, 2.75) is 26.2 Å². The van der Waals surface area contributed by atoms with Gasteiger partial charge in [0, 0.05) is 0 Å². The second kappa shape index (κ2) is 8.59. The number of para-hydroxylation sites is 1. The summed E-state index contributed by atoms with van der Waals surface area (Å²) < 4.78 is 17.2. The maximum absolute atomic E-state index is 11.4. The molecule has 110 valence electrons. The molecule has 1 atom stereocenters. The van der Waals surface area contributed by atoms with E-state index in [0.717, 1.165) is 43.1 Å². The van der Waals surface area contributed by atoms with E-state index in [9.17, 15) is 4.57 Å². The van der Waals surface area contributed by atoms with Crippen LogP contribution in [0, 0.1) is 0 Å². The highest BCUT2D eigenvalue weighted by Gasteiger charge is 2.09. The zero-order valence-corrected chi connectivity index (χ0v) is 13.4. The minimum Gasteiger partial charge on any atom is -0.457 e. The fraction of sp³-hybridized carbons (Fsp3) is 0.333. The predicted molar refractivity (Wildman–Crippen MR) is 88.9 cm³/mol. The molecule has 0 aliphatic carbocycles. The highest BCUT2D eigenvalue weighted by atomic mass is 31.1. The molecule has 0 amide bonds. The van der Waals surface area contributed by atoms with E-state index in [4.69, 9.17) is 4.74 Å². The molecule has 2 rings (SSSR count). The molecule has 0 saturated heterocycles. The van der Waals surface area contributed by atoms with Crippen molar-refractivity contribution in [1.29, 1.82) is 0 Å². The van der Waals surface area contributed by atoms with Crippen LogP contribution in [-0.2, 0) is 11.0 Å². The minimum atomic E-state index is -0.973. The quantitative estimate of drug-likeness (QED) is 0.465. The van der Waals surface area contributed by atoms with Gasteiger partial charge in [-0.1, -0.05) is 34.9 Å². The average molecular weight is 301 g/mol. The Labute approximate surface area is 127 Å². The lowest BCUT2D eigenvalue weighted by molar-refractivity contribution is 0.482. The van der Waals surface area contributed by atoms with Crippen molar-refractivity contribution in [2.75, 3.05) is 12.3 Å². The topological polar surface area (TPSA) is 26.3 Å². The standard InChI is InChI=1S/C18H22O2P/c1-2-21(19)14-7-6-9-16-10-8-13-18(15-16)20-17-11-4-3-5-12-17/h3-5,8,10-13,15H,2,6-7,9,14H2,1H3/q+1. The van der Waals surface area contributed by atoms with Crippen LogP contribution in [-0.4, -0.2) is 12.3 Å². The lowest BCUT2D eigenvalue weighted by atomic mass is 10.1. The fourth-order valence-corrected chi connectivity index (χ4v) is 3.06. The first-order chi connectivity index (χ1) is 10.3. The normalized spacial score (nSPS) is 11.2. The fourth-order valence-electron chi connectivity index (χ4n) is 2.16. The largest absolute Gasteiger partial charge is 0.457 e. The van der Waals surface area contributed by atoms with Crippen molar-refractivity contribution in [3.63, 3.8) is 0 Å². The summed E-state index contributed by atoms with van der Waals surface area (Å²) in [6.07, 6.45) is 4.78. The number of aryl methyl sites for hydroxylation is 1. The first-order valence-electron chi connectivity index (χ1n) is 7.52. The summed E-state index contributed by atoms with van der Waals surface area (Å²) in [7, 11) is -0.973. The summed E-state index contributed by atoms with van der Waals surface area (Å²) in [6.45, 7) is 1.99. The molecule has 0 N–H and O–H groups in total. The van der Waals surface area contributed by atoms with Gasteiger partial charge in [0.05, 0.1) is 0 Å². The molecule has 0 saturated carbocycles. The Morgan fingerprint density at radius 2 is 1.71 bits per heavy atom. The number of hydrogen-bond acceptors (Lipinski definition) is 2. The third kappa shape index (κ3) is 5.69. The molecule has 0 fully saturated rings. The SMILES string of the molecule is CC[P+](=O)CCCCc1cccc(Oc2ccccc2)c1. The van der Waals surface area contributed by atoms with Gasteiger partial charge in [-0.2, -0.15) is 0 Å². The van der Waals surface area contributed by atoms with Gasteiger partial charge in [-0.25, -0.2) is 0 Å². The highest BCUT2D eigenvalue weighted by molar-refractivity contribution is 7.44. The van der Waals surface area contributed by atoms with Gasteiger partial charge in [0.1, 0.15) is 23.8 Å². The van der Waals surface area contributed by atoms with E-state index in [1.54, 1.807) is 0 Å². The van der Waals surface area contributed by atoms with Gasteiger partial charge in [0.25, 0.3) is 0 Å². The zero-order chi connectivity index (χ0) is 14.9. The second-order valence-corrected chi connectivity index (χ2v) is 7.08. The van der Waals surface area contributed by atoms with E-state index in [0.29, 0.717) is 0 Å². The lowest BCUT2D eigenvalue weighted by Crippen LogP contribution is -1.90. The van der Waals surface area contributed by atoms with Gasteiger partial charge < -0.3 is 4.74 Å². The summed E-state index contributed by atoms with van der Waals surface area (Å²) in [5, 5.41) is 0. The molecular formula is C18H22O2P+. The first kappa shape index (κ1) is 15.7. The van der Waals surface area contributed by atoms with E-state index in [1.165, 1.54) is 5.56 Å². The van der Waals surface area contributed by atoms with E-state index in [2.05, 4.69) is 12.1 Å². The molecule has 2 aromatic rings. The van der Waals surface area contributed by atoms with Crippen LogP contribution < -0.4 is 4.74 Å². The van der Waals surface area contributed by atoms with Crippen molar-refractivity contribution >= 4 is 7.80 Å². The number of rotatable bonds is 8. The Bertz CT molecular complexity index is 566. The van der Waals surface area contributed by atoms with Crippen molar-refractivity contribution in [2.24, 2.45) is 0 Å². The average Bonchev–Trinajstić information content (AvgIpc) is 2.52. The summed E-state index contributed by atoms with van der Waals surface area (Å²) >= 11 is 0. The lowest BCUT2D eigenvalue weighted by Gasteiger charge is -2.07. The molecule has 1 unspecified atom stereocenters. The van der Waals surface area contributed by atoms with Crippen LogP contribution in [0.15, 0.2) is 54.6 Å². The molecule has 0 aliphatic heterocycles. The summed E-state index contributed by atoms with van der Waals surface area (Å²) in [4.78, 5) is 0. The Balaban J connectivity index is 1.85. The van der Waals surface area contributed by atoms with Crippen molar-refractivity contribution in [3.8, 4) is 11.5 Å². The highest BCUT2D eigenvalue weighted by Crippen LogP contribution is 2.24. The van der Waals surface area contributed by atoms with E-state index in [-0.39, 0.29) is 0 Å². The van der Waals surface area contributed by atoms with Crippen LogP contribution in [0.3, 0.4) is 0 Å². The first-order valence-corrected chi connectivity index (χ1v) is 9.15. The summed E-state index contributed by atoms with van der Waals surface area (Å²) in [6, 6.07) is 18.0. The van der Waals surface area contributed by atoms with Gasteiger partial charge in [-0.15, -0.1) is 0 Å². The van der Waals surface area contributed by atoms with Crippen LogP contribution in [0.1, 0.15) is 25.3 Å². The van der Waals surface area contributed by atoms with E-state index in [1.807, 2.05) is 49.4 Å². The molecule has 0 radical (unpaired) electrons. The maximum atomic E-state index is 11.4. The molecule has 2 aromatic carbocycles. The molecule has 2 nitrogen and oxygen atoms in total. The maximum Gasteiger partial charge on any atom is 0.338 e. The summed E-state index contributed by atoms with van der Waals surface area (Å²) in [5.74, 6) is 1.73. The third-order valence-corrected chi connectivity index (χ3v) is 4.87. The van der Waals surface area contributed by atoms with Gasteiger partial charge in [0.15, 0.2) is 0 Å². The van der Waals surface area contributed by atoms with Crippen LogP contribution in [0.5, 0.6) is 11.5 Å². The third-order valence-electron chi connectivity index (χ3n) is 3.35. The van der Waals surface area contributed by atoms with Gasteiger partial charge in [0.2, 0.25) is 0 Å². The molecule has 0 aliphatic rings. The monoisotopic (exact) mass is 301 g/mol. The molecular weight excluding hydrogens is 279 g/mol. The van der Waals surface area contributed by atoms with Gasteiger partial charge in [-0.05, 0) is 56.0 Å². The van der Waals surface area contributed by atoms with E-state index >= 15 is 0 Å². The van der Waals surface area contributed by atoms with Crippen molar-refractivity contribution in [1.82, 2.24) is 0 Å². The smallest absolute Gasteiger partial charge is 0.338 e. The second-order valence-electron chi connectivity index (χ2n) is 5.04. The molecule has 0 aromatic heterocycles. The van der Waals surface area contributed by atoms with Crippen LogP contribution >= 0.6 is 7.80 Å². The van der Waals surface area contributed by atoms with Crippen molar-refractivity contribution < 1.29 is 9.30 Å². The van der Waals surface area contributed by atoms with Crippen LogP contribution in [0.25, 0.3) is 0 Å². The molecule has 3 heteroatoms. The Morgan fingerprint density at radius 3 is 2.48 bits per heavy atom. The van der Waals surface area contributed by atoms with Gasteiger partial charge in [-0.3, -0.25) is 0 Å². The molecule has 21 heavy (non-hydrogen) atoms. The van der Waals surface area contributed by atoms with Gasteiger partial charge >= 0.3 is 7.80 Å². The summed E-state index contributed by atoms with van der Waals surface area (Å²) in [5.41, 5.74) is 1.27. The predicted octanol–water partition coefficient (Wildman–Crippen LogP) is 5.65. The minimum absolute atomic E-state index is 0.801.